The zero-order valence-corrected chi connectivity index (χ0v) is 9.23. The van der Waals surface area contributed by atoms with Crippen LogP contribution in [-0.4, -0.2) is 43.3 Å². The molecule has 0 saturated heterocycles. The van der Waals surface area contributed by atoms with Crippen molar-refractivity contribution in [3.05, 3.63) is 18.1 Å². The molecular formula is C10H15N5O. The highest BCUT2D eigenvalue weighted by Crippen LogP contribution is 1.98. The number of nitrogens with one attached hydrogen (secondary N) is 2. The molecule has 0 spiro atoms. The third-order valence-electron chi connectivity index (χ3n) is 1.86. The third-order valence-corrected chi connectivity index (χ3v) is 1.86. The van der Waals surface area contributed by atoms with Crippen molar-refractivity contribution < 1.29 is 4.74 Å². The molecule has 0 unspecified atom stereocenters. The lowest BCUT2D eigenvalue weighted by Gasteiger charge is -2.06. The summed E-state index contributed by atoms with van der Waals surface area (Å²) in [6.07, 6.45) is 2.99. The summed E-state index contributed by atoms with van der Waals surface area (Å²) in [6, 6.07) is 1.92. The largest absolute Gasteiger partial charge is 0.383 e. The summed E-state index contributed by atoms with van der Waals surface area (Å²) in [7, 11) is 1.67. The first kappa shape index (κ1) is 12.4. The van der Waals surface area contributed by atoms with E-state index in [1.807, 2.05) is 6.07 Å². The fraction of sp³-hybridized carbons (Fsp3) is 0.500. The van der Waals surface area contributed by atoms with E-state index in [4.69, 9.17) is 10.00 Å². The minimum atomic E-state index is 0.323. The van der Waals surface area contributed by atoms with Crippen LogP contribution in [0.1, 0.15) is 5.69 Å². The first-order valence-corrected chi connectivity index (χ1v) is 5.02. The number of hydrogen-bond acceptors (Lipinski definition) is 6. The highest BCUT2D eigenvalue weighted by atomic mass is 16.5. The Morgan fingerprint density at radius 1 is 1.31 bits per heavy atom. The maximum Gasteiger partial charge on any atom is 0.158 e. The smallest absolute Gasteiger partial charge is 0.158 e. The van der Waals surface area contributed by atoms with E-state index in [1.54, 1.807) is 13.3 Å². The quantitative estimate of drug-likeness (QED) is 0.630. The van der Waals surface area contributed by atoms with E-state index in [0.29, 0.717) is 18.1 Å². The van der Waals surface area contributed by atoms with E-state index < -0.39 is 0 Å². The highest BCUT2D eigenvalue weighted by molar-refractivity contribution is 5.32. The monoisotopic (exact) mass is 221 g/mol. The van der Waals surface area contributed by atoms with Crippen molar-refractivity contribution in [1.29, 1.82) is 5.26 Å². The average molecular weight is 221 g/mol. The Morgan fingerprint density at radius 2 is 2.19 bits per heavy atom. The maximum atomic E-state index is 8.53. The molecule has 0 saturated carbocycles. The Balaban J connectivity index is 2.15. The molecule has 86 valence electrons. The molecule has 0 aliphatic heterocycles. The molecule has 0 amide bonds. The van der Waals surface area contributed by atoms with Gasteiger partial charge in [0, 0.05) is 26.7 Å². The van der Waals surface area contributed by atoms with Crippen LogP contribution >= 0.6 is 0 Å². The molecule has 0 bridgehead atoms. The molecule has 0 radical (unpaired) electrons. The second-order valence-corrected chi connectivity index (χ2v) is 3.07. The molecular weight excluding hydrogens is 206 g/mol. The molecule has 6 nitrogen and oxygen atoms in total. The van der Waals surface area contributed by atoms with Gasteiger partial charge in [0.05, 0.1) is 19.0 Å². The van der Waals surface area contributed by atoms with Crippen LogP contribution in [-0.2, 0) is 4.74 Å². The van der Waals surface area contributed by atoms with E-state index in [1.165, 1.54) is 6.20 Å². The lowest BCUT2D eigenvalue weighted by molar-refractivity contribution is 0.200. The van der Waals surface area contributed by atoms with Crippen LogP contribution in [0.4, 0.5) is 5.82 Å². The van der Waals surface area contributed by atoms with E-state index >= 15 is 0 Å². The summed E-state index contributed by atoms with van der Waals surface area (Å²) in [4.78, 5) is 7.93. The molecule has 6 heteroatoms. The van der Waals surface area contributed by atoms with Gasteiger partial charge in [0.15, 0.2) is 5.69 Å². The fourth-order valence-electron chi connectivity index (χ4n) is 1.06. The number of ether oxygens (including phenoxy) is 1. The molecule has 1 rings (SSSR count). The molecule has 0 aliphatic rings. The lowest BCUT2D eigenvalue weighted by atomic mass is 10.5. The molecule has 1 aromatic heterocycles. The second kappa shape index (κ2) is 7.56. The Hall–Kier alpha value is -1.71. The van der Waals surface area contributed by atoms with Gasteiger partial charge in [-0.15, -0.1) is 0 Å². The molecule has 1 heterocycles. The van der Waals surface area contributed by atoms with Crippen molar-refractivity contribution in [3.8, 4) is 6.07 Å². The van der Waals surface area contributed by atoms with Gasteiger partial charge in [0.25, 0.3) is 0 Å². The van der Waals surface area contributed by atoms with Crippen LogP contribution in [0.25, 0.3) is 0 Å². The van der Waals surface area contributed by atoms with Gasteiger partial charge in [0.1, 0.15) is 11.9 Å². The summed E-state index contributed by atoms with van der Waals surface area (Å²) in [5.74, 6) is 0.674. The summed E-state index contributed by atoms with van der Waals surface area (Å²) >= 11 is 0. The molecule has 0 atom stereocenters. The van der Waals surface area contributed by atoms with Crippen molar-refractivity contribution in [2.24, 2.45) is 0 Å². The molecule has 0 aromatic carbocycles. The Labute approximate surface area is 94.7 Å². The number of nitrogens with zero attached hydrogens (tertiary/aromatic N) is 3. The maximum absolute atomic E-state index is 8.53. The second-order valence-electron chi connectivity index (χ2n) is 3.07. The van der Waals surface area contributed by atoms with Gasteiger partial charge in [-0.25, -0.2) is 9.97 Å². The van der Waals surface area contributed by atoms with Crippen molar-refractivity contribution in [3.63, 3.8) is 0 Å². The average Bonchev–Trinajstić information content (AvgIpc) is 2.34. The number of anilines is 1. The Bertz CT molecular complexity index is 332. The Morgan fingerprint density at radius 3 is 2.81 bits per heavy atom. The number of hydrogen-bond donors (Lipinski definition) is 2. The van der Waals surface area contributed by atoms with Gasteiger partial charge in [-0.05, 0) is 0 Å². The zero-order chi connectivity index (χ0) is 11.6. The molecule has 0 aliphatic carbocycles. The SMILES string of the molecule is COCCNCCNc1cnc(C#N)cn1. The van der Waals surface area contributed by atoms with Gasteiger partial charge < -0.3 is 15.4 Å². The first-order valence-electron chi connectivity index (χ1n) is 5.02. The van der Waals surface area contributed by atoms with Gasteiger partial charge in [-0.2, -0.15) is 5.26 Å². The summed E-state index contributed by atoms with van der Waals surface area (Å²) in [6.45, 7) is 3.11. The molecule has 16 heavy (non-hydrogen) atoms. The van der Waals surface area contributed by atoms with E-state index in [-0.39, 0.29) is 0 Å². The van der Waals surface area contributed by atoms with Crippen molar-refractivity contribution in [1.82, 2.24) is 15.3 Å². The topological polar surface area (TPSA) is 82.9 Å². The first-order chi connectivity index (χ1) is 7.86. The van der Waals surface area contributed by atoms with Crippen LogP contribution < -0.4 is 10.6 Å². The predicted molar refractivity (Wildman–Crippen MR) is 60.0 cm³/mol. The number of nitriles is 1. The van der Waals surface area contributed by atoms with Gasteiger partial charge in [-0.3, -0.25) is 0 Å². The summed E-state index contributed by atoms with van der Waals surface area (Å²) < 4.78 is 4.90. The molecule has 1 aromatic rings. The van der Waals surface area contributed by atoms with Gasteiger partial charge in [0.2, 0.25) is 0 Å². The highest BCUT2D eigenvalue weighted by Gasteiger charge is 1.95. The minimum Gasteiger partial charge on any atom is -0.383 e. The Kier molecular flexibility index (Phi) is 5.84. The summed E-state index contributed by atoms with van der Waals surface area (Å²) in [5.41, 5.74) is 0.323. The van der Waals surface area contributed by atoms with Crippen LogP contribution in [0.15, 0.2) is 12.4 Å². The lowest BCUT2D eigenvalue weighted by Crippen LogP contribution is -2.25. The van der Waals surface area contributed by atoms with E-state index in [9.17, 15) is 0 Å². The predicted octanol–water partition coefficient (Wildman–Crippen LogP) is -0.00382. The normalized spacial score (nSPS) is 9.75. The fourth-order valence-corrected chi connectivity index (χ4v) is 1.06. The van der Waals surface area contributed by atoms with Crippen molar-refractivity contribution >= 4 is 5.82 Å². The molecule has 2 N–H and O–H groups in total. The van der Waals surface area contributed by atoms with Crippen LogP contribution in [0.2, 0.25) is 0 Å². The van der Waals surface area contributed by atoms with E-state index in [2.05, 4.69) is 20.6 Å². The number of methoxy groups -OCH3 is 1. The van der Waals surface area contributed by atoms with Crippen LogP contribution in [0, 0.1) is 11.3 Å². The molecule has 0 fully saturated rings. The number of aromatic nitrogens is 2. The van der Waals surface area contributed by atoms with Gasteiger partial charge in [-0.1, -0.05) is 0 Å². The number of rotatable bonds is 7. The van der Waals surface area contributed by atoms with Crippen LogP contribution in [0.5, 0.6) is 0 Å². The van der Waals surface area contributed by atoms with Crippen LogP contribution in [0.3, 0.4) is 0 Å². The zero-order valence-electron chi connectivity index (χ0n) is 9.23. The van der Waals surface area contributed by atoms with Gasteiger partial charge >= 0.3 is 0 Å². The third kappa shape index (κ3) is 4.68. The minimum absolute atomic E-state index is 0.323. The standard InChI is InChI=1S/C10H15N5O/c1-16-5-4-12-2-3-13-10-8-14-9(6-11)7-15-10/h7-8,12H,2-5H2,1H3,(H,13,15). The van der Waals surface area contributed by atoms with Crippen molar-refractivity contribution in [2.45, 2.75) is 0 Å². The van der Waals surface area contributed by atoms with E-state index in [0.717, 1.165) is 19.6 Å². The summed E-state index contributed by atoms with van der Waals surface area (Å²) in [5, 5.41) is 14.8. The van der Waals surface area contributed by atoms with Crippen molar-refractivity contribution in [2.75, 3.05) is 38.7 Å².